The molecule has 0 fully saturated rings. The van der Waals surface area contributed by atoms with Gasteiger partial charge in [-0.15, -0.1) is 21.0 Å². The fraction of sp³-hybridized carbons (Fsp3) is 1.00. The van der Waals surface area contributed by atoms with Gasteiger partial charge in [0.2, 0.25) is 0 Å². The van der Waals surface area contributed by atoms with Crippen LogP contribution in [0.1, 0.15) is 54.9 Å². The summed E-state index contributed by atoms with van der Waals surface area (Å²) < 4.78 is 0. The van der Waals surface area contributed by atoms with Crippen molar-refractivity contribution < 1.29 is 0 Å². The topological polar surface area (TPSA) is 0 Å². The van der Waals surface area contributed by atoms with Crippen molar-refractivity contribution in [1.82, 2.24) is 0 Å². The lowest BCUT2D eigenvalue weighted by Gasteiger charge is -2.35. The van der Waals surface area contributed by atoms with Gasteiger partial charge in [0, 0.05) is 5.75 Å². The zero-order valence-electron chi connectivity index (χ0n) is 13.6. The van der Waals surface area contributed by atoms with E-state index in [0.717, 1.165) is 17.8 Å². The molecule has 0 radical (unpaired) electrons. The molecule has 0 nitrogen and oxygen atoms in total. The Kier molecular flexibility index (Phi) is 10.3. The van der Waals surface area contributed by atoms with Crippen LogP contribution < -0.4 is 0 Å². The second-order valence-corrected chi connectivity index (χ2v) is 16.6. The van der Waals surface area contributed by atoms with Gasteiger partial charge in [-0.3, -0.25) is 0 Å². The van der Waals surface area contributed by atoms with E-state index in [0.29, 0.717) is 0 Å². The smallest absolute Gasteiger partial charge is 0.121 e. The van der Waals surface area contributed by atoms with E-state index in [1.54, 1.807) is 0 Å². The van der Waals surface area contributed by atoms with Gasteiger partial charge in [-0.2, -0.15) is 0 Å². The van der Waals surface area contributed by atoms with Gasteiger partial charge in [-0.25, -0.2) is 0 Å². The third kappa shape index (κ3) is 8.92. The van der Waals surface area contributed by atoms with Crippen LogP contribution in [0.15, 0.2) is 0 Å². The summed E-state index contributed by atoms with van der Waals surface area (Å²) >= 11 is 0. The van der Waals surface area contributed by atoms with Crippen molar-refractivity contribution in [3.05, 3.63) is 0 Å². The van der Waals surface area contributed by atoms with Gasteiger partial charge in [-0.1, -0.05) is 48.5 Å². The Morgan fingerprint density at radius 3 is 1.44 bits per heavy atom. The fourth-order valence-corrected chi connectivity index (χ4v) is 18.5. The van der Waals surface area contributed by atoms with Gasteiger partial charge >= 0.3 is 0 Å². The molecule has 0 amide bonds. The highest BCUT2D eigenvalue weighted by Crippen LogP contribution is 2.46. The third-order valence-electron chi connectivity index (χ3n) is 2.86. The lowest BCUT2D eigenvalue weighted by atomic mass is 10.3. The van der Waals surface area contributed by atoms with Crippen LogP contribution in [0, 0.1) is 17.8 Å². The summed E-state index contributed by atoms with van der Waals surface area (Å²) in [7, 11) is 3.36. The highest BCUT2D eigenvalue weighted by Gasteiger charge is 2.36. The molecule has 110 valence electrons. The van der Waals surface area contributed by atoms with Crippen LogP contribution in [0.5, 0.6) is 0 Å². The van der Waals surface area contributed by atoms with Crippen molar-refractivity contribution in [1.29, 1.82) is 0 Å². The summed E-state index contributed by atoms with van der Waals surface area (Å²) in [6.07, 6.45) is 1.31. The molecular formula is C15H34S2Si. The monoisotopic (exact) mass is 306 g/mol. The van der Waals surface area contributed by atoms with Gasteiger partial charge in [0.25, 0.3) is 0 Å². The summed E-state index contributed by atoms with van der Waals surface area (Å²) in [5.74, 6) is 3.92. The van der Waals surface area contributed by atoms with Gasteiger partial charge in [0.05, 0.1) is 0 Å². The predicted molar refractivity (Wildman–Crippen MR) is 95.0 cm³/mol. The Balaban J connectivity index is 4.74. The molecule has 0 saturated carbocycles. The van der Waals surface area contributed by atoms with Crippen LogP contribution in [0.3, 0.4) is 0 Å². The number of hydrogen-bond acceptors (Lipinski definition) is 2. The molecule has 0 bridgehead atoms. The summed E-state index contributed by atoms with van der Waals surface area (Å²) in [6, 6.07) is 4.51. The molecule has 0 N–H and O–H groups in total. The molecule has 0 unspecified atom stereocenters. The lowest BCUT2D eigenvalue weighted by Crippen LogP contribution is -2.34. The minimum absolute atomic E-state index is 0.865. The molecule has 0 aromatic rings. The van der Waals surface area contributed by atoms with Gasteiger partial charge in [0.15, 0.2) is 0 Å². The Morgan fingerprint density at radius 1 is 0.778 bits per heavy atom. The molecule has 18 heavy (non-hydrogen) atoms. The molecule has 0 atom stereocenters. The Morgan fingerprint density at radius 2 is 1.17 bits per heavy atom. The minimum atomic E-state index is -1.14. The molecule has 0 aliphatic heterocycles. The van der Waals surface area contributed by atoms with Crippen molar-refractivity contribution in [3.63, 3.8) is 0 Å². The normalized spacial score (nSPS) is 13.0. The van der Waals surface area contributed by atoms with E-state index in [1.165, 1.54) is 30.3 Å². The number of hydrogen-bond donors (Lipinski definition) is 0. The molecule has 0 aromatic carbocycles. The standard InChI is InChI=1S/C15H34S2Si/c1-8-9-16-17-18(10-13(2)3,11-14(4)5)12-15(6)7/h13-15H,8-12H2,1-7H3. The zero-order valence-corrected chi connectivity index (χ0v) is 16.2. The first-order chi connectivity index (χ1) is 8.31. The first-order valence-electron chi connectivity index (χ1n) is 7.62. The molecule has 0 saturated heterocycles. The Hall–Kier alpha value is 0.917. The maximum absolute atomic E-state index is 2.41. The molecule has 0 aliphatic rings. The van der Waals surface area contributed by atoms with Crippen molar-refractivity contribution in [2.75, 3.05) is 5.75 Å². The zero-order chi connectivity index (χ0) is 14.2. The SMILES string of the molecule is CCCSS[Si](CC(C)C)(CC(C)C)CC(C)C. The molecule has 0 aliphatic carbocycles. The van der Waals surface area contributed by atoms with E-state index >= 15 is 0 Å². The summed E-state index contributed by atoms with van der Waals surface area (Å²) in [4.78, 5) is 0. The summed E-state index contributed by atoms with van der Waals surface area (Å²) in [6.45, 7) is 16.8. The highest BCUT2D eigenvalue weighted by molar-refractivity contribution is 8.87. The lowest BCUT2D eigenvalue weighted by molar-refractivity contribution is 0.655. The second kappa shape index (κ2) is 9.76. The van der Waals surface area contributed by atoms with E-state index in [2.05, 4.69) is 69.5 Å². The largest absolute Gasteiger partial charge is 0.132 e. The first kappa shape index (κ1) is 18.9. The molecular weight excluding hydrogens is 272 g/mol. The third-order valence-corrected chi connectivity index (χ3v) is 16.2. The average molecular weight is 307 g/mol. The summed E-state index contributed by atoms with van der Waals surface area (Å²) in [5, 5.41) is 0. The quantitative estimate of drug-likeness (QED) is 0.250. The second-order valence-electron chi connectivity index (χ2n) is 6.88. The maximum atomic E-state index is 2.41. The number of rotatable bonds is 10. The van der Waals surface area contributed by atoms with Crippen LogP contribution in [0.4, 0.5) is 0 Å². The van der Waals surface area contributed by atoms with E-state index in [9.17, 15) is 0 Å². The molecule has 0 spiro atoms. The van der Waals surface area contributed by atoms with Gasteiger partial charge in [-0.05, 0) is 42.3 Å². The summed E-state index contributed by atoms with van der Waals surface area (Å²) in [5.41, 5.74) is 0. The van der Waals surface area contributed by atoms with Crippen molar-refractivity contribution in [2.45, 2.75) is 73.0 Å². The van der Waals surface area contributed by atoms with Crippen LogP contribution in [-0.2, 0) is 0 Å². The van der Waals surface area contributed by atoms with E-state index in [4.69, 9.17) is 0 Å². The van der Waals surface area contributed by atoms with Crippen LogP contribution in [0.25, 0.3) is 0 Å². The average Bonchev–Trinajstić information content (AvgIpc) is 2.13. The fourth-order valence-electron chi connectivity index (χ4n) is 2.83. The molecule has 0 heterocycles. The van der Waals surface area contributed by atoms with Crippen molar-refractivity contribution in [2.24, 2.45) is 17.8 Å². The highest BCUT2D eigenvalue weighted by atomic mass is 33.2. The van der Waals surface area contributed by atoms with Crippen molar-refractivity contribution in [3.8, 4) is 0 Å². The van der Waals surface area contributed by atoms with Crippen LogP contribution in [0.2, 0.25) is 18.1 Å². The Labute approximate surface area is 125 Å². The van der Waals surface area contributed by atoms with Crippen LogP contribution >= 0.6 is 21.0 Å². The first-order valence-corrected chi connectivity index (χ1v) is 13.3. The van der Waals surface area contributed by atoms with E-state index in [1.807, 2.05) is 0 Å². The minimum Gasteiger partial charge on any atom is -0.121 e. The van der Waals surface area contributed by atoms with Gasteiger partial charge < -0.3 is 0 Å². The van der Waals surface area contributed by atoms with E-state index < -0.39 is 7.22 Å². The van der Waals surface area contributed by atoms with Gasteiger partial charge in [0.1, 0.15) is 7.22 Å². The van der Waals surface area contributed by atoms with Crippen LogP contribution in [-0.4, -0.2) is 13.0 Å². The Bertz CT molecular complexity index is 176. The van der Waals surface area contributed by atoms with E-state index in [-0.39, 0.29) is 0 Å². The molecule has 0 aromatic heterocycles. The maximum Gasteiger partial charge on any atom is 0.132 e. The molecule has 0 rings (SSSR count). The predicted octanol–water partition coefficient (Wildman–Crippen LogP) is 6.69. The van der Waals surface area contributed by atoms with Crippen molar-refractivity contribution >= 4 is 28.3 Å². The molecule has 3 heteroatoms.